The van der Waals surface area contributed by atoms with Gasteiger partial charge < -0.3 is 10.4 Å². The molecule has 23 heavy (non-hydrogen) atoms. The molecular formula is C19H25NO3. The molecule has 3 rings (SSSR count). The fraction of sp³-hybridized carbons (Fsp3) is 0.579. The minimum atomic E-state index is -0.809. The minimum absolute atomic E-state index is 0.0877. The van der Waals surface area contributed by atoms with Crippen LogP contribution in [0.5, 0.6) is 0 Å². The number of aryl methyl sites for hydroxylation is 2. The lowest BCUT2D eigenvalue weighted by Crippen LogP contribution is -2.42. The largest absolute Gasteiger partial charge is 0.481 e. The van der Waals surface area contributed by atoms with Crippen LogP contribution >= 0.6 is 0 Å². The summed E-state index contributed by atoms with van der Waals surface area (Å²) in [5.41, 5.74) is 3.50. The van der Waals surface area contributed by atoms with E-state index in [1.54, 1.807) is 0 Å². The SMILES string of the molecule is Cc1ccc([C@H](C)NC(=O)[C@@H]2[C@@H]3CC[C@@H](C3)[C@@H]2C(=O)O)cc1C. The Balaban J connectivity index is 1.73. The average Bonchev–Trinajstić information content (AvgIpc) is 3.10. The number of rotatable bonds is 4. The predicted molar refractivity (Wildman–Crippen MR) is 87.9 cm³/mol. The third-order valence-electron chi connectivity index (χ3n) is 5.89. The van der Waals surface area contributed by atoms with Gasteiger partial charge in [-0.25, -0.2) is 0 Å². The van der Waals surface area contributed by atoms with E-state index in [1.165, 1.54) is 11.1 Å². The third kappa shape index (κ3) is 2.87. The molecule has 0 saturated heterocycles. The molecule has 2 fully saturated rings. The molecule has 0 aliphatic heterocycles. The van der Waals surface area contributed by atoms with E-state index in [0.717, 1.165) is 24.8 Å². The number of amides is 1. The standard InChI is InChI=1S/C19H25NO3/c1-10-4-5-13(8-11(10)2)12(3)20-18(21)16-14-6-7-15(9-14)17(16)19(22)23/h4-5,8,12,14-17H,6-7,9H2,1-3H3,(H,20,21)(H,22,23)/t12-,14+,15-,16+,17-/m0/s1. The number of carbonyl (C=O) groups is 2. The Morgan fingerprint density at radius 1 is 1.13 bits per heavy atom. The van der Waals surface area contributed by atoms with Crippen molar-refractivity contribution in [2.75, 3.05) is 0 Å². The molecule has 2 N–H and O–H groups in total. The second-order valence-corrected chi connectivity index (χ2v) is 7.30. The van der Waals surface area contributed by atoms with Gasteiger partial charge >= 0.3 is 5.97 Å². The van der Waals surface area contributed by atoms with Gasteiger partial charge in [-0.2, -0.15) is 0 Å². The van der Waals surface area contributed by atoms with Crippen LogP contribution in [0.25, 0.3) is 0 Å². The Morgan fingerprint density at radius 2 is 1.78 bits per heavy atom. The molecule has 2 saturated carbocycles. The van der Waals surface area contributed by atoms with Crippen LogP contribution in [0, 0.1) is 37.5 Å². The molecule has 0 aromatic heterocycles. The maximum Gasteiger partial charge on any atom is 0.307 e. The highest BCUT2D eigenvalue weighted by Crippen LogP contribution is 2.52. The van der Waals surface area contributed by atoms with Crippen molar-refractivity contribution < 1.29 is 14.7 Å². The van der Waals surface area contributed by atoms with E-state index in [9.17, 15) is 14.7 Å². The van der Waals surface area contributed by atoms with Crippen molar-refractivity contribution in [2.24, 2.45) is 23.7 Å². The molecular weight excluding hydrogens is 290 g/mol. The van der Waals surface area contributed by atoms with Crippen LogP contribution in [0.4, 0.5) is 0 Å². The minimum Gasteiger partial charge on any atom is -0.481 e. The summed E-state index contributed by atoms with van der Waals surface area (Å²) >= 11 is 0. The van der Waals surface area contributed by atoms with E-state index in [2.05, 4.69) is 31.3 Å². The Labute approximate surface area is 137 Å². The van der Waals surface area contributed by atoms with Crippen LogP contribution in [0.2, 0.25) is 0 Å². The highest BCUT2D eigenvalue weighted by Gasteiger charge is 2.54. The smallest absolute Gasteiger partial charge is 0.307 e. The molecule has 0 radical (unpaired) electrons. The molecule has 5 atom stereocenters. The number of hydrogen-bond donors (Lipinski definition) is 2. The lowest BCUT2D eigenvalue weighted by molar-refractivity contribution is -0.149. The summed E-state index contributed by atoms with van der Waals surface area (Å²) in [5, 5.41) is 12.5. The zero-order valence-corrected chi connectivity index (χ0v) is 14.0. The van der Waals surface area contributed by atoms with Crippen molar-refractivity contribution in [3.8, 4) is 0 Å². The molecule has 0 unspecified atom stereocenters. The molecule has 0 heterocycles. The quantitative estimate of drug-likeness (QED) is 0.896. The van der Waals surface area contributed by atoms with Crippen LogP contribution in [0.15, 0.2) is 18.2 Å². The first kappa shape index (κ1) is 16.0. The van der Waals surface area contributed by atoms with Crippen LogP contribution in [0.1, 0.15) is 48.9 Å². The third-order valence-corrected chi connectivity index (χ3v) is 5.89. The van der Waals surface area contributed by atoms with Crippen LogP contribution < -0.4 is 5.32 Å². The van der Waals surface area contributed by atoms with Gasteiger partial charge in [0.2, 0.25) is 5.91 Å². The molecule has 2 bridgehead atoms. The summed E-state index contributed by atoms with van der Waals surface area (Å²) in [7, 11) is 0. The van der Waals surface area contributed by atoms with Gasteiger partial charge in [0.05, 0.1) is 17.9 Å². The molecule has 0 spiro atoms. The van der Waals surface area contributed by atoms with Gasteiger partial charge in [0.25, 0.3) is 0 Å². The molecule has 2 aliphatic rings. The Morgan fingerprint density at radius 3 is 2.39 bits per heavy atom. The first-order valence-electron chi connectivity index (χ1n) is 8.48. The van der Waals surface area contributed by atoms with Gasteiger partial charge in [0.1, 0.15) is 0 Å². The highest BCUT2D eigenvalue weighted by atomic mass is 16.4. The number of benzene rings is 1. The summed E-state index contributed by atoms with van der Waals surface area (Å²) in [6.07, 6.45) is 2.84. The van der Waals surface area contributed by atoms with E-state index in [-0.39, 0.29) is 29.7 Å². The highest BCUT2D eigenvalue weighted by molar-refractivity contribution is 5.86. The molecule has 1 amide bonds. The van der Waals surface area contributed by atoms with Crippen LogP contribution in [-0.4, -0.2) is 17.0 Å². The zero-order chi connectivity index (χ0) is 16.7. The second kappa shape index (κ2) is 5.99. The van der Waals surface area contributed by atoms with Crippen molar-refractivity contribution in [1.29, 1.82) is 0 Å². The molecule has 1 aromatic carbocycles. The fourth-order valence-corrected chi connectivity index (χ4v) is 4.45. The molecule has 4 heteroatoms. The maximum absolute atomic E-state index is 12.7. The monoisotopic (exact) mass is 315 g/mol. The second-order valence-electron chi connectivity index (χ2n) is 7.30. The average molecular weight is 315 g/mol. The van der Waals surface area contributed by atoms with E-state index < -0.39 is 11.9 Å². The number of carboxylic acids is 1. The van der Waals surface area contributed by atoms with E-state index in [1.807, 2.05) is 13.0 Å². The van der Waals surface area contributed by atoms with Gasteiger partial charge in [-0.3, -0.25) is 9.59 Å². The summed E-state index contributed by atoms with van der Waals surface area (Å²) < 4.78 is 0. The lowest BCUT2D eigenvalue weighted by atomic mass is 9.78. The Hall–Kier alpha value is -1.84. The fourth-order valence-electron chi connectivity index (χ4n) is 4.45. The Bertz CT molecular complexity index is 640. The maximum atomic E-state index is 12.7. The number of hydrogen-bond acceptors (Lipinski definition) is 2. The van der Waals surface area contributed by atoms with Crippen molar-refractivity contribution in [3.63, 3.8) is 0 Å². The van der Waals surface area contributed by atoms with E-state index >= 15 is 0 Å². The number of aliphatic carboxylic acids is 1. The summed E-state index contributed by atoms with van der Waals surface area (Å²) in [6, 6.07) is 6.08. The topological polar surface area (TPSA) is 66.4 Å². The number of nitrogens with one attached hydrogen (secondary N) is 1. The first-order chi connectivity index (χ1) is 10.9. The van der Waals surface area contributed by atoms with Crippen molar-refractivity contribution >= 4 is 11.9 Å². The first-order valence-corrected chi connectivity index (χ1v) is 8.48. The summed E-state index contributed by atoms with van der Waals surface area (Å²) in [5.74, 6) is -1.33. The van der Waals surface area contributed by atoms with E-state index in [0.29, 0.717) is 0 Å². The normalized spacial score (nSPS) is 30.2. The van der Waals surface area contributed by atoms with Gasteiger partial charge in [-0.15, -0.1) is 0 Å². The van der Waals surface area contributed by atoms with Crippen molar-refractivity contribution in [2.45, 2.75) is 46.1 Å². The van der Waals surface area contributed by atoms with Crippen LogP contribution in [-0.2, 0) is 9.59 Å². The Kier molecular flexibility index (Phi) is 4.17. The lowest BCUT2D eigenvalue weighted by Gasteiger charge is -2.28. The molecule has 124 valence electrons. The van der Waals surface area contributed by atoms with Crippen molar-refractivity contribution in [3.05, 3.63) is 34.9 Å². The number of carbonyl (C=O) groups excluding carboxylic acids is 1. The van der Waals surface area contributed by atoms with Gasteiger partial charge in [0, 0.05) is 0 Å². The summed E-state index contributed by atoms with van der Waals surface area (Å²) in [6.45, 7) is 6.09. The van der Waals surface area contributed by atoms with E-state index in [4.69, 9.17) is 0 Å². The summed E-state index contributed by atoms with van der Waals surface area (Å²) in [4.78, 5) is 24.3. The molecule has 1 aromatic rings. The predicted octanol–water partition coefficient (Wildman–Crippen LogP) is 3.23. The number of carboxylic acid groups (broad SMARTS) is 1. The van der Waals surface area contributed by atoms with Gasteiger partial charge in [-0.05, 0) is 68.6 Å². The zero-order valence-electron chi connectivity index (χ0n) is 14.0. The van der Waals surface area contributed by atoms with Gasteiger partial charge in [-0.1, -0.05) is 18.2 Å². The van der Waals surface area contributed by atoms with Crippen molar-refractivity contribution in [1.82, 2.24) is 5.32 Å². The number of fused-ring (bicyclic) bond motifs is 2. The van der Waals surface area contributed by atoms with Gasteiger partial charge in [0.15, 0.2) is 0 Å². The molecule has 2 aliphatic carbocycles. The molecule has 4 nitrogen and oxygen atoms in total. The van der Waals surface area contributed by atoms with Crippen LogP contribution in [0.3, 0.4) is 0 Å².